The van der Waals surface area contributed by atoms with Crippen LogP contribution in [0.5, 0.6) is 5.75 Å². The van der Waals surface area contributed by atoms with E-state index in [1.54, 1.807) is 12.1 Å². The standard InChI is InChI=1S/C16H21N3O/c1-10(9-17-4)15-11(2)18-16(19-12(15)3)13-5-7-14(20)8-6-13/h5-8,10,17,20H,9H2,1-4H3. The molecule has 2 N–H and O–H groups in total. The number of phenolic OH excluding ortho intramolecular Hbond substituents is 1. The van der Waals surface area contributed by atoms with Crippen LogP contribution in [0.1, 0.15) is 29.8 Å². The first-order valence-corrected chi connectivity index (χ1v) is 6.82. The highest BCUT2D eigenvalue weighted by molar-refractivity contribution is 5.57. The summed E-state index contributed by atoms with van der Waals surface area (Å²) >= 11 is 0. The van der Waals surface area contributed by atoms with Gasteiger partial charge in [0.1, 0.15) is 5.75 Å². The molecule has 1 unspecified atom stereocenters. The highest BCUT2D eigenvalue weighted by Crippen LogP contribution is 2.25. The van der Waals surface area contributed by atoms with Gasteiger partial charge in [-0.15, -0.1) is 0 Å². The number of nitrogens with one attached hydrogen (secondary N) is 1. The summed E-state index contributed by atoms with van der Waals surface area (Å²) in [5.41, 5.74) is 4.16. The summed E-state index contributed by atoms with van der Waals surface area (Å²) in [7, 11) is 1.95. The fourth-order valence-corrected chi connectivity index (χ4v) is 2.59. The predicted octanol–water partition coefficient (Wildman–Crippen LogP) is 2.79. The van der Waals surface area contributed by atoms with Crippen molar-refractivity contribution in [3.63, 3.8) is 0 Å². The molecule has 0 bridgehead atoms. The van der Waals surface area contributed by atoms with Crippen molar-refractivity contribution >= 4 is 0 Å². The van der Waals surface area contributed by atoms with Crippen molar-refractivity contribution in [2.75, 3.05) is 13.6 Å². The summed E-state index contributed by atoms with van der Waals surface area (Å²) in [6.45, 7) is 7.14. The average molecular weight is 271 g/mol. The topological polar surface area (TPSA) is 58.0 Å². The van der Waals surface area contributed by atoms with E-state index in [-0.39, 0.29) is 5.75 Å². The first-order valence-electron chi connectivity index (χ1n) is 6.82. The van der Waals surface area contributed by atoms with Crippen LogP contribution >= 0.6 is 0 Å². The van der Waals surface area contributed by atoms with E-state index in [0.717, 1.165) is 23.5 Å². The lowest BCUT2D eigenvalue weighted by Crippen LogP contribution is -2.17. The zero-order valence-electron chi connectivity index (χ0n) is 12.4. The van der Waals surface area contributed by atoms with Gasteiger partial charge < -0.3 is 10.4 Å². The minimum Gasteiger partial charge on any atom is -0.508 e. The van der Waals surface area contributed by atoms with Gasteiger partial charge in [-0.3, -0.25) is 0 Å². The lowest BCUT2D eigenvalue weighted by molar-refractivity contribution is 0.475. The van der Waals surface area contributed by atoms with Crippen molar-refractivity contribution in [2.45, 2.75) is 26.7 Å². The molecule has 20 heavy (non-hydrogen) atoms. The van der Waals surface area contributed by atoms with Crippen LogP contribution < -0.4 is 5.32 Å². The molecule has 1 atom stereocenters. The Morgan fingerprint density at radius 2 is 1.65 bits per heavy atom. The molecule has 0 aliphatic carbocycles. The van der Waals surface area contributed by atoms with Crippen LogP contribution in [0.15, 0.2) is 24.3 Å². The Balaban J connectivity index is 2.42. The SMILES string of the molecule is CNCC(C)c1c(C)nc(-c2ccc(O)cc2)nc1C. The Bertz CT molecular complexity index is 570. The van der Waals surface area contributed by atoms with Crippen molar-refractivity contribution in [1.82, 2.24) is 15.3 Å². The molecule has 0 spiro atoms. The second-order valence-electron chi connectivity index (χ2n) is 5.14. The fourth-order valence-electron chi connectivity index (χ4n) is 2.59. The maximum absolute atomic E-state index is 9.34. The van der Waals surface area contributed by atoms with Crippen LogP contribution in [0.2, 0.25) is 0 Å². The minimum absolute atomic E-state index is 0.251. The van der Waals surface area contributed by atoms with Crippen LogP contribution in [-0.4, -0.2) is 28.7 Å². The second-order valence-corrected chi connectivity index (χ2v) is 5.14. The molecule has 4 nitrogen and oxygen atoms in total. The predicted molar refractivity (Wildman–Crippen MR) is 80.9 cm³/mol. The quantitative estimate of drug-likeness (QED) is 0.897. The van der Waals surface area contributed by atoms with Crippen molar-refractivity contribution < 1.29 is 5.11 Å². The minimum atomic E-state index is 0.251. The van der Waals surface area contributed by atoms with E-state index in [1.165, 1.54) is 5.56 Å². The summed E-state index contributed by atoms with van der Waals surface area (Å²) < 4.78 is 0. The summed E-state index contributed by atoms with van der Waals surface area (Å²) in [6.07, 6.45) is 0. The van der Waals surface area contributed by atoms with Gasteiger partial charge in [0.15, 0.2) is 5.82 Å². The molecular formula is C16H21N3O. The molecule has 1 aromatic carbocycles. The van der Waals surface area contributed by atoms with Gasteiger partial charge in [0.25, 0.3) is 0 Å². The molecule has 2 aromatic rings. The Morgan fingerprint density at radius 1 is 1.10 bits per heavy atom. The highest BCUT2D eigenvalue weighted by atomic mass is 16.3. The van der Waals surface area contributed by atoms with Crippen molar-refractivity contribution in [1.29, 1.82) is 0 Å². The van der Waals surface area contributed by atoms with Gasteiger partial charge in [-0.2, -0.15) is 0 Å². The number of phenols is 1. The molecule has 106 valence electrons. The third-order valence-corrected chi connectivity index (χ3v) is 3.46. The second kappa shape index (κ2) is 6.01. The van der Waals surface area contributed by atoms with E-state index in [2.05, 4.69) is 22.2 Å². The maximum Gasteiger partial charge on any atom is 0.159 e. The summed E-state index contributed by atoms with van der Waals surface area (Å²) in [6, 6.07) is 6.97. The number of rotatable bonds is 4. The third kappa shape index (κ3) is 2.96. The molecule has 0 saturated heterocycles. The van der Waals surface area contributed by atoms with Crippen LogP contribution in [0.4, 0.5) is 0 Å². The molecular weight excluding hydrogens is 250 g/mol. The van der Waals surface area contributed by atoms with Gasteiger partial charge in [0.2, 0.25) is 0 Å². The maximum atomic E-state index is 9.34. The van der Waals surface area contributed by atoms with E-state index in [1.807, 2.05) is 33.0 Å². The monoisotopic (exact) mass is 271 g/mol. The number of nitrogens with zero attached hydrogens (tertiary/aromatic N) is 2. The zero-order chi connectivity index (χ0) is 14.7. The number of likely N-dealkylation sites (N-methyl/N-ethyl adjacent to an activating group) is 1. The molecule has 1 aromatic heterocycles. The van der Waals surface area contributed by atoms with Crippen molar-refractivity contribution in [3.8, 4) is 17.1 Å². The molecule has 0 saturated carbocycles. The van der Waals surface area contributed by atoms with Crippen molar-refractivity contribution in [2.24, 2.45) is 0 Å². The number of hydrogen-bond acceptors (Lipinski definition) is 4. The lowest BCUT2D eigenvalue weighted by atomic mass is 9.98. The van der Waals surface area contributed by atoms with Gasteiger partial charge >= 0.3 is 0 Å². The summed E-state index contributed by atoms with van der Waals surface area (Å²) in [4.78, 5) is 9.23. The van der Waals surface area contributed by atoms with E-state index < -0.39 is 0 Å². The van der Waals surface area contributed by atoms with Gasteiger partial charge in [-0.05, 0) is 56.6 Å². The number of hydrogen-bond donors (Lipinski definition) is 2. The molecule has 0 amide bonds. The Morgan fingerprint density at radius 3 is 2.15 bits per heavy atom. The van der Waals surface area contributed by atoms with Crippen LogP contribution in [-0.2, 0) is 0 Å². The highest BCUT2D eigenvalue weighted by Gasteiger charge is 2.15. The van der Waals surface area contributed by atoms with E-state index in [0.29, 0.717) is 11.7 Å². The molecule has 2 rings (SSSR count). The number of aromatic hydroxyl groups is 1. The summed E-state index contributed by atoms with van der Waals surface area (Å²) in [5, 5.41) is 12.5. The van der Waals surface area contributed by atoms with Crippen LogP contribution in [0, 0.1) is 13.8 Å². The summed E-state index contributed by atoms with van der Waals surface area (Å²) in [5.74, 6) is 1.34. The molecule has 0 aliphatic heterocycles. The number of aromatic nitrogens is 2. The smallest absolute Gasteiger partial charge is 0.159 e. The van der Waals surface area contributed by atoms with Gasteiger partial charge in [0.05, 0.1) is 0 Å². The first kappa shape index (κ1) is 14.5. The molecule has 4 heteroatoms. The van der Waals surface area contributed by atoms with Gasteiger partial charge in [-0.1, -0.05) is 6.92 Å². The fraction of sp³-hybridized carbons (Fsp3) is 0.375. The Kier molecular flexibility index (Phi) is 4.35. The van der Waals surface area contributed by atoms with Crippen LogP contribution in [0.3, 0.4) is 0 Å². The average Bonchev–Trinajstić information content (AvgIpc) is 2.39. The zero-order valence-corrected chi connectivity index (χ0v) is 12.4. The van der Waals surface area contributed by atoms with E-state index >= 15 is 0 Å². The van der Waals surface area contributed by atoms with Gasteiger partial charge in [-0.25, -0.2) is 9.97 Å². The van der Waals surface area contributed by atoms with E-state index in [4.69, 9.17) is 0 Å². The third-order valence-electron chi connectivity index (χ3n) is 3.46. The number of aryl methyl sites for hydroxylation is 2. The molecule has 0 fully saturated rings. The largest absolute Gasteiger partial charge is 0.508 e. The van der Waals surface area contributed by atoms with Crippen LogP contribution in [0.25, 0.3) is 11.4 Å². The normalized spacial score (nSPS) is 12.4. The number of benzene rings is 1. The Hall–Kier alpha value is -1.94. The first-order chi connectivity index (χ1) is 9.52. The lowest BCUT2D eigenvalue weighted by Gasteiger charge is -2.17. The molecule has 1 heterocycles. The Labute approximate surface area is 119 Å². The molecule has 0 radical (unpaired) electrons. The molecule has 0 aliphatic rings. The van der Waals surface area contributed by atoms with E-state index in [9.17, 15) is 5.11 Å². The van der Waals surface area contributed by atoms with Crippen molar-refractivity contribution in [3.05, 3.63) is 41.2 Å². The van der Waals surface area contributed by atoms with Gasteiger partial charge in [0, 0.05) is 23.5 Å².